The Balaban J connectivity index is 2.18. The van der Waals surface area contributed by atoms with Crippen molar-refractivity contribution in [3.05, 3.63) is 57.8 Å². The van der Waals surface area contributed by atoms with E-state index in [1.807, 2.05) is 0 Å². The fourth-order valence-electron chi connectivity index (χ4n) is 1.95. The first-order valence-corrected chi connectivity index (χ1v) is 7.06. The second kappa shape index (κ2) is 5.48. The maximum atomic E-state index is 4.26. The molecular weight excluding hydrogens is 226 g/mol. The van der Waals surface area contributed by atoms with Crippen LogP contribution in [0.5, 0.6) is 0 Å². The van der Waals surface area contributed by atoms with Crippen LogP contribution < -0.4 is 5.73 Å². The summed E-state index contributed by atoms with van der Waals surface area (Å²) in [6, 6.07) is 13.4. The van der Waals surface area contributed by atoms with Gasteiger partial charge in [0.25, 0.3) is 0 Å². The number of hydrogen-bond acceptors (Lipinski definition) is 1. The Kier molecular flexibility index (Phi) is 3.97. The SMILES string of the molecule is CC[C@@H](C)c1ccc([C@@H]([NH3+])c2cccs2)cc1. The Bertz CT molecular complexity index is 444. The Morgan fingerprint density at radius 1 is 1.12 bits per heavy atom. The van der Waals surface area contributed by atoms with Crippen LogP contribution in [0.1, 0.15) is 48.2 Å². The highest BCUT2D eigenvalue weighted by atomic mass is 32.1. The van der Waals surface area contributed by atoms with Gasteiger partial charge < -0.3 is 5.73 Å². The third kappa shape index (κ3) is 2.76. The molecule has 0 radical (unpaired) electrons. The van der Waals surface area contributed by atoms with E-state index in [9.17, 15) is 0 Å². The van der Waals surface area contributed by atoms with Gasteiger partial charge >= 0.3 is 0 Å². The van der Waals surface area contributed by atoms with Crippen molar-refractivity contribution in [1.29, 1.82) is 0 Å². The first kappa shape index (κ1) is 12.3. The van der Waals surface area contributed by atoms with E-state index in [4.69, 9.17) is 0 Å². The van der Waals surface area contributed by atoms with E-state index in [0.717, 1.165) is 0 Å². The largest absolute Gasteiger partial charge is 0.347 e. The monoisotopic (exact) mass is 246 g/mol. The molecule has 1 nitrogen and oxygen atoms in total. The zero-order valence-electron chi connectivity index (χ0n) is 10.5. The molecule has 17 heavy (non-hydrogen) atoms. The molecule has 2 heteroatoms. The summed E-state index contributed by atoms with van der Waals surface area (Å²) in [7, 11) is 0. The molecule has 0 aliphatic heterocycles. The van der Waals surface area contributed by atoms with Gasteiger partial charge in [-0.2, -0.15) is 0 Å². The normalized spacial score (nSPS) is 14.5. The van der Waals surface area contributed by atoms with Gasteiger partial charge in [0.15, 0.2) is 0 Å². The van der Waals surface area contributed by atoms with E-state index in [-0.39, 0.29) is 6.04 Å². The third-order valence-corrected chi connectivity index (χ3v) is 4.39. The number of benzene rings is 1. The van der Waals surface area contributed by atoms with E-state index in [1.165, 1.54) is 22.4 Å². The lowest BCUT2D eigenvalue weighted by molar-refractivity contribution is -0.410. The van der Waals surface area contributed by atoms with Gasteiger partial charge in [-0.1, -0.05) is 44.2 Å². The second-order valence-corrected chi connectivity index (χ2v) is 5.52. The van der Waals surface area contributed by atoms with Crippen molar-refractivity contribution in [2.45, 2.75) is 32.2 Å². The summed E-state index contributed by atoms with van der Waals surface area (Å²) < 4.78 is 0. The van der Waals surface area contributed by atoms with Crippen molar-refractivity contribution in [1.82, 2.24) is 0 Å². The lowest BCUT2D eigenvalue weighted by atomic mass is 9.96. The molecule has 0 fully saturated rings. The van der Waals surface area contributed by atoms with Crippen LogP contribution in [-0.2, 0) is 0 Å². The average molecular weight is 246 g/mol. The van der Waals surface area contributed by atoms with Crippen molar-refractivity contribution >= 4 is 11.3 Å². The molecular formula is C15H20NS+. The van der Waals surface area contributed by atoms with Crippen LogP contribution in [0.2, 0.25) is 0 Å². The van der Waals surface area contributed by atoms with E-state index in [2.05, 4.69) is 61.4 Å². The van der Waals surface area contributed by atoms with Gasteiger partial charge in [0, 0.05) is 5.56 Å². The zero-order valence-corrected chi connectivity index (χ0v) is 11.3. The highest BCUT2D eigenvalue weighted by molar-refractivity contribution is 7.10. The van der Waals surface area contributed by atoms with E-state index >= 15 is 0 Å². The van der Waals surface area contributed by atoms with Crippen molar-refractivity contribution in [3.63, 3.8) is 0 Å². The Morgan fingerprint density at radius 2 is 1.76 bits per heavy atom. The second-order valence-electron chi connectivity index (χ2n) is 4.54. The third-order valence-electron chi connectivity index (χ3n) is 3.41. The number of rotatable bonds is 4. The molecule has 0 spiro atoms. The van der Waals surface area contributed by atoms with Crippen LogP contribution in [0.15, 0.2) is 41.8 Å². The van der Waals surface area contributed by atoms with Crippen molar-refractivity contribution < 1.29 is 5.73 Å². The zero-order chi connectivity index (χ0) is 12.3. The summed E-state index contributed by atoms with van der Waals surface area (Å²) in [6.07, 6.45) is 1.19. The topological polar surface area (TPSA) is 27.6 Å². The lowest BCUT2D eigenvalue weighted by Gasteiger charge is -2.11. The standard InChI is InChI=1S/C15H19NS/c1-3-11(2)12-6-8-13(9-7-12)15(16)14-5-4-10-17-14/h4-11,15H,3,16H2,1-2H3/p+1/t11-,15-/m1/s1. The summed E-state index contributed by atoms with van der Waals surface area (Å²) in [5.74, 6) is 0.647. The summed E-state index contributed by atoms with van der Waals surface area (Å²) in [6.45, 7) is 4.50. The van der Waals surface area contributed by atoms with Gasteiger partial charge in [-0.15, -0.1) is 11.3 Å². The molecule has 0 aliphatic rings. The number of quaternary nitrogens is 1. The van der Waals surface area contributed by atoms with Crippen LogP contribution in [0.3, 0.4) is 0 Å². The summed E-state index contributed by atoms with van der Waals surface area (Å²) in [5, 5.41) is 2.11. The van der Waals surface area contributed by atoms with Gasteiger partial charge in [0.05, 0.1) is 4.88 Å². The van der Waals surface area contributed by atoms with Gasteiger partial charge in [-0.25, -0.2) is 0 Å². The molecule has 3 N–H and O–H groups in total. The Hall–Kier alpha value is -1.12. The molecule has 1 heterocycles. The molecule has 0 saturated heterocycles. The average Bonchev–Trinajstić information content (AvgIpc) is 2.91. The van der Waals surface area contributed by atoms with Crippen LogP contribution in [0.25, 0.3) is 0 Å². The fourth-order valence-corrected chi connectivity index (χ4v) is 2.72. The van der Waals surface area contributed by atoms with E-state index < -0.39 is 0 Å². The highest BCUT2D eigenvalue weighted by Crippen LogP contribution is 2.24. The van der Waals surface area contributed by atoms with Crippen molar-refractivity contribution in [2.75, 3.05) is 0 Å². The van der Waals surface area contributed by atoms with Crippen LogP contribution in [0, 0.1) is 0 Å². The molecule has 1 aromatic carbocycles. The minimum atomic E-state index is 0.265. The molecule has 0 saturated carbocycles. The molecule has 2 atom stereocenters. The molecule has 2 rings (SSSR count). The van der Waals surface area contributed by atoms with Gasteiger partial charge in [0.1, 0.15) is 6.04 Å². The maximum absolute atomic E-state index is 4.26. The van der Waals surface area contributed by atoms with Crippen LogP contribution >= 0.6 is 11.3 Å². The first-order chi connectivity index (χ1) is 8.22. The molecule has 1 aromatic heterocycles. The van der Waals surface area contributed by atoms with Crippen LogP contribution in [0.4, 0.5) is 0 Å². The number of thiophene rings is 1. The Morgan fingerprint density at radius 3 is 2.29 bits per heavy atom. The van der Waals surface area contributed by atoms with Gasteiger partial charge in [-0.05, 0) is 29.3 Å². The highest BCUT2D eigenvalue weighted by Gasteiger charge is 2.13. The van der Waals surface area contributed by atoms with E-state index in [1.54, 1.807) is 11.3 Å². The molecule has 0 amide bonds. The summed E-state index contributed by atoms with van der Waals surface area (Å²) >= 11 is 1.78. The summed E-state index contributed by atoms with van der Waals surface area (Å²) in [5.41, 5.74) is 6.99. The molecule has 0 unspecified atom stereocenters. The lowest BCUT2D eigenvalue weighted by Crippen LogP contribution is -2.53. The van der Waals surface area contributed by atoms with Gasteiger partial charge in [-0.3, -0.25) is 0 Å². The van der Waals surface area contributed by atoms with Crippen molar-refractivity contribution in [2.24, 2.45) is 0 Å². The van der Waals surface area contributed by atoms with E-state index in [0.29, 0.717) is 5.92 Å². The predicted molar refractivity (Wildman–Crippen MR) is 74.2 cm³/mol. The van der Waals surface area contributed by atoms with Gasteiger partial charge in [0.2, 0.25) is 0 Å². The van der Waals surface area contributed by atoms with Crippen LogP contribution in [-0.4, -0.2) is 0 Å². The molecule has 0 bridgehead atoms. The maximum Gasteiger partial charge on any atom is 0.145 e. The Labute approximate surface area is 107 Å². The molecule has 2 aromatic rings. The number of hydrogen-bond donors (Lipinski definition) is 1. The quantitative estimate of drug-likeness (QED) is 0.854. The smallest absolute Gasteiger partial charge is 0.145 e. The van der Waals surface area contributed by atoms with Crippen molar-refractivity contribution in [3.8, 4) is 0 Å². The summed E-state index contributed by atoms with van der Waals surface area (Å²) in [4.78, 5) is 1.33. The first-order valence-electron chi connectivity index (χ1n) is 6.18. The fraction of sp³-hybridized carbons (Fsp3) is 0.333. The predicted octanol–water partition coefficient (Wildman–Crippen LogP) is 3.59. The molecule has 90 valence electrons. The minimum absolute atomic E-state index is 0.265. The minimum Gasteiger partial charge on any atom is -0.347 e. The molecule has 0 aliphatic carbocycles.